The van der Waals surface area contributed by atoms with Crippen molar-refractivity contribution in [1.29, 1.82) is 0 Å². The number of nitrogens with one attached hydrogen (secondary N) is 2. The smallest absolute Gasteiger partial charge is 0.410 e. The van der Waals surface area contributed by atoms with Crippen molar-refractivity contribution in [1.82, 2.24) is 9.78 Å². The van der Waals surface area contributed by atoms with Crippen LogP contribution in [-0.2, 0) is 0 Å². The van der Waals surface area contributed by atoms with E-state index in [1.807, 2.05) is 0 Å². The first-order valence-corrected chi connectivity index (χ1v) is 11.0. The van der Waals surface area contributed by atoms with Crippen molar-refractivity contribution >= 4 is 72.5 Å². The van der Waals surface area contributed by atoms with E-state index in [0.29, 0.717) is 15.5 Å². The first-order valence-electron chi connectivity index (χ1n) is 8.67. The number of aromatic nitrogens is 2. The van der Waals surface area contributed by atoms with Gasteiger partial charge >= 0.3 is 6.18 Å². The lowest BCUT2D eigenvalue weighted by Gasteiger charge is -2.32. The highest BCUT2D eigenvalue weighted by atomic mass is 79.9. The summed E-state index contributed by atoms with van der Waals surface area (Å²) in [6.45, 7) is 0. The second-order valence-electron chi connectivity index (χ2n) is 6.67. The van der Waals surface area contributed by atoms with Gasteiger partial charge in [0.25, 0.3) is 5.91 Å². The summed E-state index contributed by atoms with van der Waals surface area (Å²) in [5, 5.41) is 9.99. The Labute approximate surface area is 200 Å². The zero-order chi connectivity index (χ0) is 22.5. The lowest BCUT2D eigenvalue weighted by molar-refractivity contribution is -0.174. The lowest BCUT2D eigenvalue weighted by Crippen LogP contribution is -2.35. The van der Waals surface area contributed by atoms with Crippen molar-refractivity contribution in [2.45, 2.75) is 24.7 Å². The SMILES string of the molecule is O=C(Nc1ccc(Cl)cc1Cl)c1nn2c(c1Br)NC(c1ccc(Br)o1)CC2C(F)(F)F. The molecule has 164 valence electrons. The number of amides is 1. The summed E-state index contributed by atoms with van der Waals surface area (Å²) in [7, 11) is 0. The monoisotopic (exact) mass is 600 g/mol. The lowest BCUT2D eigenvalue weighted by atomic mass is 10.0. The van der Waals surface area contributed by atoms with Crippen LogP contribution in [0.4, 0.5) is 24.7 Å². The number of rotatable bonds is 3. The fourth-order valence-corrected chi connectivity index (χ4v) is 4.54. The van der Waals surface area contributed by atoms with Crippen LogP contribution in [0.5, 0.6) is 0 Å². The van der Waals surface area contributed by atoms with E-state index in [1.165, 1.54) is 18.2 Å². The second-order valence-corrected chi connectivity index (χ2v) is 9.08. The summed E-state index contributed by atoms with van der Waals surface area (Å²) in [5.41, 5.74) is 0.0108. The maximum absolute atomic E-state index is 13.8. The molecule has 13 heteroatoms. The van der Waals surface area contributed by atoms with Crippen LogP contribution < -0.4 is 10.6 Å². The van der Waals surface area contributed by atoms with Crippen LogP contribution in [0.2, 0.25) is 10.0 Å². The highest BCUT2D eigenvalue weighted by Gasteiger charge is 2.48. The molecule has 3 aromatic rings. The molecule has 1 aromatic carbocycles. The van der Waals surface area contributed by atoms with Crippen molar-refractivity contribution in [3.8, 4) is 0 Å². The normalized spacial score (nSPS) is 18.4. The topological polar surface area (TPSA) is 72.1 Å². The second kappa shape index (κ2) is 8.34. The van der Waals surface area contributed by atoms with E-state index in [1.54, 1.807) is 12.1 Å². The standard InChI is InChI=1S/C18H11Br2Cl2F3N4O2/c19-13-4-3-11(31-13)10-6-12(18(23,24)25)29-16(26-10)14(20)15(28-29)17(30)27-9-2-1-7(21)5-8(9)22/h1-5,10,12,26H,6H2,(H,27,30). The molecule has 0 fully saturated rings. The minimum absolute atomic E-state index is 0.0125. The molecule has 0 spiro atoms. The minimum Gasteiger partial charge on any atom is -0.452 e. The molecule has 0 saturated heterocycles. The van der Waals surface area contributed by atoms with Crippen LogP contribution in [-0.4, -0.2) is 21.9 Å². The first kappa shape index (κ1) is 22.5. The molecule has 3 heterocycles. The van der Waals surface area contributed by atoms with E-state index in [0.717, 1.165) is 4.68 Å². The van der Waals surface area contributed by atoms with Gasteiger partial charge in [-0.1, -0.05) is 23.2 Å². The van der Waals surface area contributed by atoms with Gasteiger partial charge in [-0.2, -0.15) is 18.3 Å². The maximum atomic E-state index is 13.8. The molecule has 6 nitrogen and oxygen atoms in total. The van der Waals surface area contributed by atoms with Crippen molar-refractivity contribution < 1.29 is 22.4 Å². The van der Waals surface area contributed by atoms with Crippen LogP contribution in [0.1, 0.15) is 34.8 Å². The van der Waals surface area contributed by atoms with Gasteiger partial charge in [-0.3, -0.25) is 4.79 Å². The van der Waals surface area contributed by atoms with Gasteiger partial charge in [0, 0.05) is 11.4 Å². The maximum Gasteiger partial charge on any atom is 0.410 e. The molecule has 2 atom stereocenters. The number of halogens is 7. The van der Waals surface area contributed by atoms with Gasteiger partial charge in [-0.25, -0.2) is 4.68 Å². The third-order valence-corrected chi connectivity index (χ3v) is 6.35. The predicted octanol–water partition coefficient (Wildman–Crippen LogP) is 7.22. The Hall–Kier alpha value is -1.69. The number of fused-ring (bicyclic) bond motifs is 1. The molecule has 2 N–H and O–H groups in total. The van der Waals surface area contributed by atoms with E-state index >= 15 is 0 Å². The molecule has 4 rings (SSSR count). The van der Waals surface area contributed by atoms with Gasteiger partial charge in [0.05, 0.1) is 21.2 Å². The summed E-state index contributed by atoms with van der Waals surface area (Å²) in [5.74, 6) is -0.407. The molecule has 31 heavy (non-hydrogen) atoms. The number of nitrogens with zero attached hydrogens (tertiary/aromatic N) is 2. The number of alkyl halides is 3. The van der Waals surface area contributed by atoms with E-state index in [4.69, 9.17) is 27.6 Å². The predicted molar refractivity (Wildman–Crippen MR) is 117 cm³/mol. The number of hydrogen-bond donors (Lipinski definition) is 2. The molecule has 0 aliphatic carbocycles. The van der Waals surface area contributed by atoms with Crippen molar-refractivity contribution in [2.24, 2.45) is 0 Å². The van der Waals surface area contributed by atoms with Crippen molar-refractivity contribution in [3.05, 3.63) is 61.0 Å². The number of benzene rings is 1. The summed E-state index contributed by atoms with van der Waals surface area (Å²) in [6.07, 6.45) is -4.97. The number of hydrogen-bond acceptors (Lipinski definition) is 4. The molecular weight excluding hydrogens is 592 g/mol. The molecule has 0 radical (unpaired) electrons. The number of anilines is 2. The van der Waals surface area contributed by atoms with Crippen LogP contribution in [0.3, 0.4) is 0 Å². The fraction of sp³-hybridized carbons (Fsp3) is 0.222. The number of carbonyl (C=O) groups excluding carboxylic acids is 1. The molecule has 1 amide bonds. The fourth-order valence-electron chi connectivity index (χ4n) is 3.21. The third-order valence-electron chi connectivity index (χ3n) is 4.63. The van der Waals surface area contributed by atoms with Gasteiger partial charge in [0.1, 0.15) is 11.6 Å². The van der Waals surface area contributed by atoms with Gasteiger partial charge in [-0.05, 0) is 62.2 Å². The zero-order valence-electron chi connectivity index (χ0n) is 15.1. The highest BCUT2D eigenvalue weighted by molar-refractivity contribution is 9.10. The average Bonchev–Trinajstić information content (AvgIpc) is 3.26. The van der Waals surface area contributed by atoms with Crippen LogP contribution in [0.15, 0.2) is 43.9 Å². The largest absolute Gasteiger partial charge is 0.452 e. The minimum atomic E-state index is -4.60. The van der Waals surface area contributed by atoms with E-state index < -0.39 is 24.2 Å². The Balaban J connectivity index is 1.70. The average molecular weight is 603 g/mol. The van der Waals surface area contributed by atoms with E-state index in [-0.39, 0.29) is 33.1 Å². The Morgan fingerprint density at radius 2 is 2.00 bits per heavy atom. The zero-order valence-corrected chi connectivity index (χ0v) is 19.8. The number of carbonyl (C=O) groups is 1. The Bertz CT molecular complexity index is 1170. The molecular formula is C18H11Br2Cl2F3N4O2. The Morgan fingerprint density at radius 3 is 2.61 bits per heavy atom. The molecule has 2 unspecified atom stereocenters. The van der Waals surface area contributed by atoms with Gasteiger partial charge in [-0.15, -0.1) is 0 Å². The molecule has 2 aromatic heterocycles. The van der Waals surface area contributed by atoms with E-state index in [2.05, 4.69) is 47.6 Å². The summed E-state index contributed by atoms with van der Waals surface area (Å²) in [6, 6.07) is 4.85. The molecule has 0 saturated carbocycles. The molecule has 1 aliphatic rings. The summed E-state index contributed by atoms with van der Waals surface area (Å²) in [4.78, 5) is 12.8. The number of furan rings is 1. The van der Waals surface area contributed by atoms with E-state index in [9.17, 15) is 18.0 Å². The van der Waals surface area contributed by atoms with Gasteiger partial charge < -0.3 is 15.1 Å². The molecule has 1 aliphatic heterocycles. The third kappa shape index (κ3) is 4.46. The van der Waals surface area contributed by atoms with Crippen LogP contribution in [0.25, 0.3) is 0 Å². The summed E-state index contributed by atoms with van der Waals surface area (Å²) < 4.78 is 48.1. The van der Waals surface area contributed by atoms with Crippen LogP contribution in [0, 0.1) is 0 Å². The van der Waals surface area contributed by atoms with Gasteiger partial charge in [0.2, 0.25) is 0 Å². The van der Waals surface area contributed by atoms with Crippen molar-refractivity contribution in [2.75, 3.05) is 10.6 Å². The Morgan fingerprint density at radius 1 is 1.26 bits per heavy atom. The van der Waals surface area contributed by atoms with Gasteiger partial charge in [0.15, 0.2) is 16.4 Å². The Kier molecular flexibility index (Phi) is 6.06. The first-order chi connectivity index (χ1) is 14.5. The quantitative estimate of drug-likeness (QED) is 0.332. The summed E-state index contributed by atoms with van der Waals surface area (Å²) >= 11 is 18.3. The molecule has 0 bridgehead atoms. The van der Waals surface area contributed by atoms with Crippen LogP contribution >= 0.6 is 55.1 Å². The highest BCUT2D eigenvalue weighted by Crippen LogP contribution is 2.46. The van der Waals surface area contributed by atoms with Crippen molar-refractivity contribution in [3.63, 3.8) is 0 Å².